The molecule has 0 bridgehead atoms. The number of aromatic amines is 1. The summed E-state index contributed by atoms with van der Waals surface area (Å²) in [5.74, 6) is -0.755. The number of hydrogen-bond acceptors (Lipinski definition) is 3. The van der Waals surface area contributed by atoms with Gasteiger partial charge >= 0.3 is 0 Å². The summed E-state index contributed by atoms with van der Waals surface area (Å²) in [7, 11) is 0. The van der Waals surface area contributed by atoms with Crippen LogP contribution in [0.3, 0.4) is 0 Å². The van der Waals surface area contributed by atoms with E-state index < -0.39 is 17.3 Å². The molecule has 1 saturated carbocycles. The molecule has 3 aromatic rings. The van der Waals surface area contributed by atoms with Crippen molar-refractivity contribution in [2.24, 2.45) is 5.92 Å². The summed E-state index contributed by atoms with van der Waals surface area (Å²) in [6, 6.07) is 10.9. The Labute approximate surface area is 165 Å². The second-order valence-electron chi connectivity index (χ2n) is 7.56. The first-order chi connectivity index (χ1) is 14.0. The summed E-state index contributed by atoms with van der Waals surface area (Å²) in [5.41, 5.74) is 2.09. The summed E-state index contributed by atoms with van der Waals surface area (Å²) < 4.78 is 13.3. The normalized spacial score (nSPS) is 15.4. The molecule has 0 atom stereocenters. The van der Waals surface area contributed by atoms with Crippen LogP contribution in [-0.4, -0.2) is 23.3 Å². The lowest BCUT2D eigenvalue weighted by atomic mass is 10.1. The highest BCUT2D eigenvalue weighted by Gasteiger charge is 2.36. The highest BCUT2D eigenvalue weighted by molar-refractivity contribution is 6.06. The summed E-state index contributed by atoms with van der Waals surface area (Å²) in [4.78, 5) is 41.8. The molecule has 1 aliphatic heterocycles. The average Bonchev–Trinajstić information content (AvgIpc) is 3.46. The summed E-state index contributed by atoms with van der Waals surface area (Å²) in [6.07, 6.45) is 2.67. The van der Waals surface area contributed by atoms with E-state index in [9.17, 15) is 18.8 Å². The second kappa shape index (κ2) is 6.55. The number of nitrogens with zero attached hydrogens (tertiary/aromatic N) is 1. The van der Waals surface area contributed by atoms with E-state index in [2.05, 4.69) is 10.3 Å². The number of fused-ring (bicyclic) bond motifs is 2. The molecule has 2 heterocycles. The van der Waals surface area contributed by atoms with Crippen LogP contribution in [0, 0.1) is 11.7 Å². The Morgan fingerprint density at radius 1 is 1.10 bits per heavy atom. The first-order valence-electron chi connectivity index (χ1n) is 9.58. The lowest BCUT2D eigenvalue weighted by molar-refractivity contribution is -0.119. The first-order valence-corrected chi connectivity index (χ1v) is 9.58. The number of halogens is 1. The Hall–Kier alpha value is -3.48. The van der Waals surface area contributed by atoms with Crippen molar-refractivity contribution in [3.63, 3.8) is 0 Å². The Balaban J connectivity index is 1.43. The van der Waals surface area contributed by atoms with Crippen LogP contribution in [0.25, 0.3) is 10.9 Å². The Kier molecular flexibility index (Phi) is 3.97. The summed E-state index contributed by atoms with van der Waals surface area (Å²) in [6.45, 7) is 0.656. The van der Waals surface area contributed by atoms with Gasteiger partial charge in [-0.1, -0.05) is 6.07 Å². The van der Waals surface area contributed by atoms with Crippen LogP contribution in [0.4, 0.5) is 15.8 Å². The van der Waals surface area contributed by atoms with E-state index in [1.807, 2.05) is 6.07 Å². The maximum absolute atomic E-state index is 13.3. The van der Waals surface area contributed by atoms with Crippen LogP contribution in [0.2, 0.25) is 0 Å². The molecule has 6 nitrogen and oxygen atoms in total. The number of nitrogens with one attached hydrogen (secondary N) is 2. The third kappa shape index (κ3) is 3.18. The molecule has 0 spiro atoms. The number of anilines is 2. The van der Waals surface area contributed by atoms with Crippen molar-refractivity contribution in [3.8, 4) is 0 Å². The van der Waals surface area contributed by atoms with Crippen molar-refractivity contribution in [3.05, 3.63) is 69.8 Å². The fraction of sp³-hybridized carbons (Fsp3) is 0.227. The van der Waals surface area contributed by atoms with Crippen LogP contribution in [0.15, 0.2) is 47.3 Å². The molecule has 2 aliphatic rings. The molecule has 2 aromatic carbocycles. The van der Waals surface area contributed by atoms with Gasteiger partial charge in [-0.25, -0.2) is 4.39 Å². The van der Waals surface area contributed by atoms with Gasteiger partial charge < -0.3 is 15.2 Å². The van der Waals surface area contributed by atoms with Gasteiger partial charge in [0.25, 0.3) is 11.5 Å². The molecule has 2 N–H and O–H groups in total. The van der Waals surface area contributed by atoms with Crippen molar-refractivity contribution in [2.45, 2.75) is 19.3 Å². The molecule has 7 heteroatoms. The molecular weight excluding hydrogens is 373 g/mol. The number of pyridine rings is 1. The highest BCUT2D eigenvalue weighted by Crippen LogP contribution is 2.37. The lowest BCUT2D eigenvalue weighted by Crippen LogP contribution is -2.30. The SMILES string of the molecule is O=C(Nc1ccc2c(c1)N(C(=O)C1CC1)CC2)c1cc2ccc(F)cc2[nH]c1=O. The van der Waals surface area contributed by atoms with E-state index >= 15 is 0 Å². The smallest absolute Gasteiger partial charge is 0.261 e. The number of hydrogen-bond donors (Lipinski definition) is 2. The lowest BCUT2D eigenvalue weighted by Gasteiger charge is -2.18. The molecule has 5 rings (SSSR count). The topological polar surface area (TPSA) is 82.3 Å². The molecule has 0 unspecified atom stereocenters. The number of aromatic nitrogens is 1. The quantitative estimate of drug-likeness (QED) is 0.719. The fourth-order valence-corrected chi connectivity index (χ4v) is 3.78. The maximum atomic E-state index is 13.3. The van der Waals surface area contributed by atoms with Gasteiger partial charge in [0.15, 0.2) is 0 Å². The van der Waals surface area contributed by atoms with E-state index in [0.717, 1.165) is 30.5 Å². The van der Waals surface area contributed by atoms with Gasteiger partial charge in [-0.2, -0.15) is 0 Å². The summed E-state index contributed by atoms with van der Waals surface area (Å²) in [5, 5.41) is 3.30. The van der Waals surface area contributed by atoms with Crippen LogP contribution >= 0.6 is 0 Å². The monoisotopic (exact) mass is 391 g/mol. The van der Waals surface area contributed by atoms with Crippen molar-refractivity contribution >= 4 is 34.1 Å². The zero-order valence-corrected chi connectivity index (χ0v) is 15.5. The van der Waals surface area contributed by atoms with Crippen molar-refractivity contribution in [1.29, 1.82) is 0 Å². The molecule has 0 radical (unpaired) electrons. The number of benzene rings is 2. The summed E-state index contributed by atoms with van der Waals surface area (Å²) >= 11 is 0. The van der Waals surface area contributed by atoms with Gasteiger partial charge in [0.2, 0.25) is 5.91 Å². The maximum Gasteiger partial charge on any atom is 0.261 e. The fourth-order valence-electron chi connectivity index (χ4n) is 3.78. The van der Waals surface area contributed by atoms with Gasteiger partial charge in [0.1, 0.15) is 11.4 Å². The third-order valence-corrected chi connectivity index (χ3v) is 5.48. The van der Waals surface area contributed by atoms with E-state index in [0.29, 0.717) is 23.1 Å². The van der Waals surface area contributed by atoms with Crippen LogP contribution in [0.1, 0.15) is 28.8 Å². The van der Waals surface area contributed by atoms with E-state index in [-0.39, 0.29) is 17.4 Å². The molecule has 0 saturated heterocycles. The number of carbonyl (C=O) groups is 2. The predicted octanol–water partition coefficient (Wildman–Crippen LogP) is 3.22. The number of H-pyrrole nitrogens is 1. The molecule has 146 valence electrons. The third-order valence-electron chi connectivity index (χ3n) is 5.48. The largest absolute Gasteiger partial charge is 0.322 e. The van der Waals surface area contributed by atoms with E-state index in [1.165, 1.54) is 24.3 Å². The molecule has 1 fully saturated rings. The van der Waals surface area contributed by atoms with E-state index in [1.54, 1.807) is 17.0 Å². The number of amides is 2. The molecule has 29 heavy (non-hydrogen) atoms. The van der Waals surface area contributed by atoms with Crippen molar-refractivity contribution < 1.29 is 14.0 Å². The standard InChI is InChI=1S/C22H18FN3O3/c23-15-5-3-14-9-17(21(28)25-18(14)10-15)20(27)24-16-6-4-12-7-8-26(19(12)11-16)22(29)13-1-2-13/h3-6,9-11,13H,1-2,7-8H2,(H,24,27)(H,25,28). The second-order valence-corrected chi connectivity index (χ2v) is 7.56. The first kappa shape index (κ1) is 17.6. The molecule has 2 amide bonds. The van der Waals surface area contributed by atoms with Gasteiger partial charge in [0.05, 0.1) is 5.52 Å². The zero-order valence-electron chi connectivity index (χ0n) is 15.5. The van der Waals surface area contributed by atoms with E-state index in [4.69, 9.17) is 0 Å². The minimum atomic E-state index is -0.590. The van der Waals surface area contributed by atoms with Crippen LogP contribution in [0.5, 0.6) is 0 Å². The van der Waals surface area contributed by atoms with Gasteiger partial charge in [0, 0.05) is 23.8 Å². The number of rotatable bonds is 3. The minimum absolute atomic E-state index is 0.0597. The zero-order chi connectivity index (χ0) is 20.1. The van der Waals surface area contributed by atoms with Gasteiger partial charge in [-0.15, -0.1) is 0 Å². The van der Waals surface area contributed by atoms with Gasteiger partial charge in [-0.05, 0) is 66.6 Å². The highest BCUT2D eigenvalue weighted by atomic mass is 19.1. The Morgan fingerprint density at radius 2 is 1.93 bits per heavy atom. The Morgan fingerprint density at radius 3 is 2.72 bits per heavy atom. The average molecular weight is 391 g/mol. The Bertz CT molecular complexity index is 1230. The van der Waals surface area contributed by atoms with Crippen LogP contribution in [-0.2, 0) is 11.2 Å². The van der Waals surface area contributed by atoms with Gasteiger partial charge in [-0.3, -0.25) is 14.4 Å². The molecular formula is C22H18FN3O3. The predicted molar refractivity (Wildman–Crippen MR) is 108 cm³/mol. The number of carbonyl (C=O) groups excluding carboxylic acids is 2. The van der Waals surface area contributed by atoms with Crippen molar-refractivity contribution in [1.82, 2.24) is 4.98 Å². The molecule has 1 aliphatic carbocycles. The van der Waals surface area contributed by atoms with Crippen molar-refractivity contribution in [2.75, 3.05) is 16.8 Å². The van der Waals surface area contributed by atoms with Crippen LogP contribution < -0.4 is 15.8 Å². The minimum Gasteiger partial charge on any atom is -0.322 e. The molecule has 1 aromatic heterocycles.